The van der Waals surface area contributed by atoms with Gasteiger partial charge in [-0.2, -0.15) is 0 Å². The molecule has 1 aromatic rings. The third kappa shape index (κ3) is 4.06. The van der Waals surface area contributed by atoms with E-state index in [1.54, 1.807) is 7.11 Å². The van der Waals surface area contributed by atoms with Crippen molar-refractivity contribution in [3.8, 4) is 5.75 Å². The van der Waals surface area contributed by atoms with Crippen LogP contribution in [0.15, 0.2) is 12.1 Å². The molecule has 0 bridgehead atoms. The van der Waals surface area contributed by atoms with E-state index in [0.717, 1.165) is 22.4 Å². The van der Waals surface area contributed by atoms with Gasteiger partial charge in [0.2, 0.25) is 5.91 Å². The van der Waals surface area contributed by atoms with Crippen LogP contribution in [-0.4, -0.2) is 19.6 Å². The van der Waals surface area contributed by atoms with Crippen LogP contribution < -0.4 is 10.1 Å². The van der Waals surface area contributed by atoms with E-state index in [4.69, 9.17) is 4.74 Å². The van der Waals surface area contributed by atoms with Gasteiger partial charge < -0.3 is 10.1 Å². The Labute approximate surface area is 110 Å². The zero-order valence-electron chi connectivity index (χ0n) is 12.0. The molecule has 0 aliphatic heterocycles. The molecule has 0 atom stereocenters. The molecular formula is C15H23NO2. The van der Waals surface area contributed by atoms with Crippen LogP contribution in [0.1, 0.15) is 30.5 Å². The van der Waals surface area contributed by atoms with Gasteiger partial charge in [0.25, 0.3) is 0 Å². The lowest BCUT2D eigenvalue weighted by molar-refractivity contribution is -0.120. The third-order valence-electron chi connectivity index (χ3n) is 2.84. The Kier molecular flexibility index (Phi) is 5.20. The van der Waals surface area contributed by atoms with E-state index >= 15 is 0 Å². The van der Waals surface area contributed by atoms with E-state index in [9.17, 15) is 4.79 Å². The molecule has 1 aromatic carbocycles. The van der Waals surface area contributed by atoms with Crippen LogP contribution in [-0.2, 0) is 11.2 Å². The number of methoxy groups -OCH3 is 1. The van der Waals surface area contributed by atoms with Crippen molar-refractivity contribution < 1.29 is 9.53 Å². The maximum Gasteiger partial charge on any atom is 0.224 e. The van der Waals surface area contributed by atoms with Crippen molar-refractivity contribution in [3.05, 3.63) is 28.8 Å². The summed E-state index contributed by atoms with van der Waals surface area (Å²) in [6, 6.07) is 4.05. The van der Waals surface area contributed by atoms with Gasteiger partial charge in [-0.15, -0.1) is 0 Å². The zero-order chi connectivity index (χ0) is 13.7. The molecule has 1 amide bonds. The minimum atomic E-state index is 0.0500. The minimum Gasteiger partial charge on any atom is -0.496 e. The molecule has 0 radical (unpaired) electrons. The van der Waals surface area contributed by atoms with E-state index in [2.05, 4.69) is 25.2 Å². The van der Waals surface area contributed by atoms with Crippen LogP contribution in [0.4, 0.5) is 0 Å². The lowest BCUT2D eigenvalue weighted by Crippen LogP contribution is -2.29. The standard InChI is InChI=1S/C15H23NO2/c1-10(2)9-16-15(17)8-13-12(4)6-11(3)7-14(13)18-5/h6-7,10H,8-9H2,1-5H3,(H,16,17). The lowest BCUT2D eigenvalue weighted by atomic mass is 10.0. The Balaban J connectivity index is 2.80. The molecule has 0 aromatic heterocycles. The molecule has 100 valence electrons. The summed E-state index contributed by atoms with van der Waals surface area (Å²) in [6.45, 7) is 8.92. The average Bonchev–Trinajstić information content (AvgIpc) is 2.29. The summed E-state index contributed by atoms with van der Waals surface area (Å²) in [7, 11) is 1.64. The van der Waals surface area contributed by atoms with E-state index < -0.39 is 0 Å². The molecule has 3 nitrogen and oxygen atoms in total. The molecule has 1 rings (SSSR count). The number of hydrogen-bond acceptors (Lipinski definition) is 2. The number of hydrogen-bond donors (Lipinski definition) is 1. The molecule has 0 aliphatic rings. The number of carbonyl (C=O) groups excluding carboxylic acids is 1. The summed E-state index contributed by atoms with van der Waals surface area (Å²) in [5.74, 6) is 1.32. The largest absolute Gasteiger partial charge is 0.496 e. The van der Waals surface area contributed by atoms with Crippen LogP contribution in [0, 0.1) is 19.8 Å². The minimum absolute atomic E-state index is 0.0500. The van der Waals surface area contributed by atoms with Crippen LogP contribution in [0.5, 0.6) is 5.75 Å². The predicted octanol–water partition coefficient (Wildman–Crippen LogP) is 2.63. The van der Waals surface area contributed by atoms with Crippen molar-refractivity contribution in [2.24, 2.45) is 5.92 Å². The summed E-state index contributed by atoms with van der Waals surface area (Å²) in [5, 5.41) is 2.93. The highest BCUT2D eigenvalue weighted by Gasteiger charge is 2.12. The van der Waals surface area contributed by atoms with Crippen molar-refractivity contribution in [2.75, 3.05) is 13.7 Å². The normalized spacial score (nSPS) is 10.6. The van der Waals surface area contributed by atoms with Crippen LogP contribution in [0.25, 0.3) is 0 Å². The second-order valence-corrected chi connectivity index (χ2v) is 5.14. The van der Waals surface area contributed by atoms with Crippen molar-refractivity contribution in [2.45, 2.75) is 34.1 Å². The van der Waals surface area contributed by atoms with Crippen LogP contribution in [0.2, 0.25) is 0 Å². The number of carbonyl (C=O) groups is 1. The fourth-order valence-electron chi connectivity index (χ4n) is 1.91. The maximum absolute atomic E-state index is 11.9. The second kappa shape index (κ2) is 6.43. The quantitative estimate of drug-likeness (QED) is 0.871. The monoisotopic (exact) mass is 249 g/mol. The van der Waals surface area contributed by atoms with Crippen molar-refractivity contribution in [1.82, 2.24) is 5.32 Å². The van der Waals surface area contributed by atoms with Crippen LogP contribution >= 0.6 is 0 Å². The van der Waals surface area contributed by atoms with E-state index in [1.807, 2.05) is 19.9 Å². The first-order chi connectivity index (χ1) is 8.43. The maximum atomic E-state index is 11.9. The smallest absolute Gasteiger partial charge is 0.224 e. The second-order valence-electron chi connectivity index (χ2n) is 5.14. The third-order valence-corrected chi connectivity index (χ3v) is 2.84. The van der Waals surface area contributed by atoms with Gasteiger partial charge in [0.05, 0.1) is 13.5 Å². The molecular weight excluding hydrogens is 226 g/mol. The SMILES string of the molecule is COc1cc(C)cc(C)c1CC(=O)NCC(C)C. The summed E-state index contributed by atoms with van der Waals surface area (Å²) in [4.78, 5) is 11.9. The highest BCUT2D eigenvalue weighted by atomic mass is 16.5. The van der Waals surface area contributed by atoms with Gasteiger partial charge in [0, 0.05) is 12.1 Å². The van der Waals surface area contributed by atoms with Gasteiger partial charge in [-0.05, 0) is 37.0 Å². The van der Waals surface area contributed by atoms with Crippen molar-refractivity contribution in [1.29, 1.82) is 0 Å². The Bertz CT molecular complexity index is 425. The number of rotatable bonds is 5. The first-order valence-electron chi connectivity index (χ1n) is 6.34. The van der Waals surface area contributed by atoms with Gasteiger partial charge in [0.1, 0.15) is 5.75 Å². The average molecular weight is 249 g/mol. The molecule has 1 N–H and O–H groups in total. The van der Waals surface area contributed by atoms with Crippen molar-refractivity contribution >= 4 is 5.91 Å². The number of amides is 1. The Hall–Kier alpha value is -1.51. The summed E-state index contributed by atoms with van der Waals surface area (Å²) >= 11 is 0. The van der Waals surface area contributed by atoms with Gasteiger partial charge in [-0.25, -0.2) is 0 Å². The number of benzene rings is 1. The summed E-state index contributed by atoms with van der Waals surface area (Å²) in [6.07, 6.45) is 0.377. The topological polar surface area (TPSA) is 38.3 Å². The van der Waals surface area contributed by atoms with Crippen LogP contribution in [0.3, 0.4) is 0 Å². The summed E-state index contributed by atoms with van der Waals surface area (Å²) < 4.78 is 5.35. The van der Waals surface area contributed by atoms with E-state index in [1.165, 1.54) is 0 Å². The number of aryl methyl sites for hydroxylation is 2. The Morgan fingerprint density at radius 2 is 2.00 bits per heavy atom. The molecule has 3 heteroatoms. The van der Waals surface area contributed by atoms with E-state index in [-0.39, 0.29) is 5.91 Å². The van der Waals surface area contributed by atoms with Gasteiger partial charge in [0.15, 0.2) is 0 Å². The zero-order valence-corrected chi connectivity index (χ0v) is 12.0. The molecule has 0 saturated heterocycles. The first kappa shape index (κ1) is 14.6. The molecule has 0 unspecified atom stereocenters. The Morgan fingerprint density at radius 1 is 1.33 bits per heavy atom. The summed E-state index contributed by atoms with van der Waals surface area (Å²) in [5.41, 5.74) is 3.23. The fourth-order valence-corrected chi connectivity index (χ4v) is 1.91. The molecule has 0 saturated carbocycles. The first-order valence-corrected chi connectivity index (χ1v) is 6.34. The predicted molar refractivity (Wildman–Crippen MR) is 74.0 cm³/mol. The van der Waals surface area contributed by atoms with Gasteiger partial charge >= 0.3 is 0 Å². The Morgan fingerprint density at radius 3 is 2.56 bits per heavy atom. The molecule has 18 heavy (non-hydrogen) atoms. The van der Waals surface area contributed by atoms with Gasteiger partial charge in [-0.3, -0.25) is 4.79 Å². The molecule has 0 fully saturated rings. The molecule has 0 spiro atoms. The number of nitrogens with one attached hydrogen (secondary N) is 1. The lowest BCUT2D eigenvalue weighted by Gasteiger charge is -2.13. The number of ether oxygens (including phenoxy) is 1. The van der Waals surface area contributed by atoms with Gasteiger partial charge in [-0.1, -0.05) is 19.9 Å². The molecule has 0 aliphatic carbocycles. The van der Waals surface area contributed by atoms with E-state index in [0.29, 0.717) is 18.9 Å². The fraction of sp³-hybridized carbons (Fsp3) is 0.533. The highest BCUT2D eigenvalue weighted by molar-refractivity contribution is 5.79. The molecule has 0 heterocycles. The highest BCUT2D eigenvalue weighted by Crippen LogP contribution is 2.24. The van der Waals surface area contributed by atoms with Crippen molar-refractivity contribution in [3.63, 3.8) is 0 Å².